The van der Waals surface area contributed by atoms with Crippen LogP contribution in [0.5, 0.6) is 0 Å². The molecule has 0 bridgehead atoms. The first-order valence-corrected chi connectivity index (χ1v) is 11.7. The lowest BCUT2D eigenvalue weighted by atomic mass is 10.0. The first-order chi connectivity index (χ1) is 16.5. The predicted molar refractivity (Wildman–Crippen MR) is 130 cm³/mol. The minimum atomic E-state index is -1.21. The Kier molecular flexibility index (Phi) is 7.36. The Hall–Kier alpha value is -3.53. The average Bonchev–Trinajstić information content (AvgIpc) is 3.22. The standard InChI is InChI=1S/C28H24O5S/c1-3-28(19-31-25(29)21-10-6-4-7-11-21)18-24(34-23-16-14-20(2)15-17-23)27(33-28)32-26(30)22-12-8-5-9-13-22/h1,4-17,24,27H,18-19H2,2H3/t24-,27?,28+/m1/s1. The molecule has 0 radical (unpaired) electrons. The fraction of sp³-hybridized carbons (Fsp3) is 0.214. The molecule has 0 spiro atoms. The third kappa shape index (κ3) is 5.69. The number of esters is 2. The molecule has 0 amide bonds. The highest BCUT2D eigenvalue weighted by molar-refractivity contribution is 8.00. The van der Waals surface area contributed by atoms with E-state index in [9.17, 15) is 9.59 Å². The molecule has 3 atom stereocenters. The van der Waals surface area contributed by atoms with Crippen molar-refractivity contribution in [3.05, 3.63) is 102 Å². The van der Waals surface area contributed by atoms with Crippen molar-refractivity contribution in [2.75, 3.05) is 6.61 Å². The van der Waals surface area contributed by atoms with E-state index < -0.39 is 23.8 Å². The summed E-state index contributed by atoms with van der Waals surface area (Å²) in [5.41, 5.74) is 0.767. The summed E-state index contributed by atoms with van der Waals surface area (Å²) in [4.78, 5) is 26.2. The van der Waals surface area contributed by atoms with E-state index in [1.54, 1.807) is 48.5 Å². The van der Waals surface area contributed by atoms with E-state index in [2.05, 4.69) is 5.92 Å². The van der Waals surface area contributed by atoms with Crippen molar-refractivity contribution >= 4 is 23.7 Å². The molecule has 34 heavy (non-hydrogen) atoms. The van der Waals surface area contributed by atoms with Gasteiger partial charge in [-0.1, -0.05) is 60.0 Å². The summed E-state index contributed by atoms with van der Waals surface area (Å²) in [6.45, 7) is 1.86. The summed E-state index contributed by atoms with van der Waals surface area (Å²) < 4.78 is 17.3. The molecule has 0 saturated carbocycles. The number of hydrogen-bond donors (Lipinski definition) is 0. The van der Waals surface area contributed by atoms with Gasteiger partial charge in [-0.2, -0.15) is 0 Å². The second-order valence-corrected chi connectivity index (χ2v) is 9.32. The van der Waals surface area contributed by atoms with E-state index in [0.29, 0.717) is 17.5 Å². The van der Waals surface area contributed by atoms with Crippen LogP contribution in [0.15, 0.2) is 89.8 Å². The smallest absolute Gasteiger partial charge is 0.340 e. The first kappa shape index (κ1) is 23.6. The molecule has 3 aromatic carbocycles. The topological polar surface area (TPSA) is 61.8 Å². The fourth-order valence-corrected chi connectivity index (χ4v) is 4.79. The van der Waals surface area contributed by atoms with Gasteiger partial charge >= 0.3 is 11.9 Å². The van der Waals surface area contributed by atoms with Gasteiger partial charge in [0.1, 0.15) is 6.61 Å². The average molecular weight is 473 g/mol. The SMILES string of the molecule is C#C[C@@]1(COC(=O)c2ccccc2)C[C@@H](Sc2ccc(C)cc2)C(OC(=O)c2ccccc2)O1. The van der Waals surface area contributed by atoms with E-state index in [0.717, 1.165) is 10.5 Å². The third-order valence-corrected chi connectivity index (χ3v) is 6.66. The van der Waals surface area contributed by atoms with Gasteiger partial charge in [0.05, 0.1) is 16.4 Å². The molecule has 1 aliphatic heterocycles. The number of terminal acetylenes is 1. The van der Waals surface area contributed by atoms with Crippen LogP contribution in [-0.2, 0) is 14.2 Å². The van der Waals surface area contributed by atoms with Gasteiger partial charge in [0.2, 0.25) is 6.29 Å². The lowest BCUT2D eigenvalue weighted by molar-refractivity contribution is -0.133. The summed E-state index contributed by atoms with van der Waals surface area (Å²) in [7, 11) is 0. The Morgan fingerprint density at radius 3 is 2.15 bits per heavy atom. The Labute approximate surface area is 203 Å². The number of hydrogen-bond acceptors (Lipinski definition) is 6. The van der Waals surface area contributed by atoms with Crippen molar-refractivity contribution in [1.29, 1.82) is 0 Å². The molecule has 1 unspecified atom stereocenters. The molecule has 1 saturated heterocycles. The molecule has 0 aliphatic carbocycles. The van der Waals surface area contributed by atoms with Crippen LogP contribution in [0.2, 0.25) is 0 Å². The van der Waals surface area contributed by atoms with Crippen molar-refractivity contribution in [3.63, 3.8) is 0 Å². The number of carbonyl (C=O) groups is 2. The highest BCUT2D eigenvalue weighted by atomic mass is 32.2. The summed E-state index contributed by atoms with van der Waals surface area (Å²) in [5.74, 6) is 1.65. The first-order valence-electron chi connectivity index (χ1n) is 10.9. The normalized spacial score (nSPS) is 21.4. The second kappa shape index (κ2) is 10.6. The number of aryl methyl sites for hydroxylation is 1. The van der Waals surface area contributed by atoms with E-state index in [4.69, 9.17) is 20.6 Å². The van der Waals surface area contributed by atoms with Crippen molar-refractivity contribution in [2.24, 2.45) is 0 Å². The minimum absolute atomic E-state index is 0.151. The molecule has 5 nitrogen and oxygen atoms in total. The number of ether oxygens (including phenoxy) is 3. The van der Waals surface area contributed by atoms with Crippen LogP contribution in [-0.4, -0.2) is 35.7 Å². The molecular weight excluding hydrogens is 448 g/mol. The summed E-state index contributed by atoms with van der Waals surface area (Å²) >= 11 is 1.52. The van der Waals surface area contributed by atoms with Crippen LogP contribution in [0, 0.1) is 19.3 Å². The monoisotopic (exact) mass is 472 g/mol. The molecule has 0 N–H and O–H groups in total. The van der Waals surface area contributed by atoms with E-state index >= 15 is 0 Å². The highest BCUT2D eigenvalue weighted by Gasteiger charge is 2.49. The van der Waals surface area contributed by atoms with Crippen LogP contribution in [0.4, 0.5) is 0 Å². The maximum absolute atomic E-state index is 12.7. The quantitative estimate of drug-likeness (QED) is 0.344. The van der Waals surface area contributed by atoms with Crippen molar-refractivity contribution in [2.45, 2.75) is 35.4 Å². The van der Waals surface area contributed by atoms with Gasteiger partial charge in [0, 0.05) is 11.3 Å². The Balaban J connectivity index is 1.52. The van der Waals surface area contributed by atoms with Crippen LogP contribution in [0.1, 0.15) is 32.7 Å². The van der Waals surface area contributed by atoms with Crippen LogP contribution in [0.3, 0.4) is 0 Å². The zero-order valence-corrected chi connectivity index (χ0v) is 19.5. The van der Waals surface area contributed by atoms with E-state index in [1.807, 2.05) is 43.3 Å². The molecule has 3 aromatic rings. The van der Waals surface area contributed by atoms with Gasteiger partial charge in [-0.3, -0.25) is 0 Å². The van der Waals surface area contributed by atoms with Crippen LogP contribution in [0.25, 0.3) is 0 Å². The third-order valence-electron chi connectivity index (χ3n) is 5.43. The van der Waals surface area contributed by atoms with Gasteiger partial charge in [-0.15, -0.1) is 18.2 Å². The predicted octanol–water partition coefficient (Wildman–Crippen LogP) is 5.29. The Morgan fingerprint density at radius 2 is 1.56 bits per heavy atom. The highest BCUT2D eigenvalue weighted by Crippen LogP contribution is 2.41. The summed E-state index contributed by atoms with van der Waals surface area (Å²) in [6.07, 6.45) is 5.29. The lowest BCUT2D eigenvalue weighted by Gasteiger charge is -2.23. The maximum atomic E-state index is 12.7. The zero-order valence-electron chi connectivity index (χ0n) is 18.7. The van der Waals surface area contributed by atoms with Gasteiger partial charge in [-0.05, 0) is 43.3 Å². The molecule has 6 heteroatoms. The molecule has 1 heterocycles. The van der Waals surface area contributed by atoms with Crippen LogP contribution < -0.4 is 0 Å². The van der Waals surface area contributed by atoms with E-state index in [-0.39, 0.29) is 11.9 Å². The number of carbonyl (C=O) groups excluding carboxylic acids is 2. The van der Waals surface area contributed by atoms with Crippen LogP contribution >= 0.6 is 11.8 Å². The maximum Gasteiger partial charge on any atom is 0.340 e. The zero-order chi connectivity index (χ0) is 24.0. The molecule has 0 aromatic heterocycles. The van der Waals surface area contributed by atoms with Crippen molar-refractivity contribution in [1.82, 2.24) is 0 Å². The Morgan fingerprint density at radius 1 is 0.971 bits per heavy atom. The van der Waals surface area contributed by atoms with Crippen molar-refractivity contribution < 1.29 is 23.8 Å². The summed E-state index contributed by atoms with van der Waals surface area (Å²) in [5, 5.41) is -0.290. The molecular formula is C28H24O5S. The van der Waals surface area contributed by atoms with Crippen molar-refractivity contribution in [3.8, 4) is 12.3 Å². The number of thioether (sulfide) groups is 1. The second-order valence-electron chi connectivity index (χ2n) is 8.01. The lowest BCUT2D eigenvalue weighted by Crippen LogP contribution is -2.35. The van der Waals surface area contributed by atoms with Gasteiger partial charge in [-0.25, -0.2) is 9.59 Å². The molecule has 172 valence electrons. The number of rotatable bonds is 7. The summed E-state index contributed by atoms with van der Waals surface area (Å²) in [6, 6.07) is 25.4. The largest absolute Gasteiger partial charge is 0.458 e. The molecule has 1 fully saturated rings. The van der Waals surface area contributed by atoms with Gasteiger partial charge < -0.3 is 14.2 Å². The fourth-order valence-electron chi connectivity index (χ4n) is 3.57. The van der Waals surface area contributed by atoms with Gasteiger partial charge in [0.25, 0.3) is 0 Å². The van der Waals surface area contributed by atoms with E-state index in [1.165, 1.54) is 11.8 Å². The molecule has 1 aliphatic rings. The minimum Gasteiger partial charge on any atom is -0.458 e. The Bertz CT molecular complexity index is 1170. The molecule has 4 rings (SSSR count). The number of benzene rings is 3. The van der Waals surface area contributed by atoms with Gasteiger partial charge in [0.15, 0.2) is 5.60 Å².